The molecule has 0 bridgehead atoms. The normalized spacial score (nSPS) is 16.4. The highest BCUT2D eigenvalue weighted by Gasteiger charge is 2.29. The molecule has 19 heavy (non-hydrogen) atoms. The van der Waals surface area contributed by atoms with Crippen LogP contribution in [-0.2, 0) is 4.79 Å². The standard InChI is InChI=1S/C15H21NO3/c1-11(13-5-3-4-6-14(13)19-2)16(10-15(17)18)9-12-7-8-12/h3-6,11-12H,7-10H2,1-2H3,(H,17,18). The maximum atomic E-state index is 11.0. The zero-order chi connectivity index (χ0) is 13.8. The topological polar surface area (TPSA) is 49.8 Å². The fourth-order valence-corrected chi connectivity index (χ4v) is 2.37. The van der Waals surface area contributed by atoms with E-state index in [2.05, 4.69) is 0 Å². The highest BCUT2D eigenvalue weighted by atomic mass is 16.5. The van der Waals surface area contributed by atoms with Crippen LogP contribution in [0.5, 0.6) is 5.75 Å². The average molecular weight is 263 g/mol. The Morgan fingerprint density at radius 1 is 1.47 bits per heavy atom. The fraction of sp³-hybridized carbons (Fsp3) is 0.533. The molecule has 0 spiro atoms. The van der Waals surface area contributed by atoms with E-state index in [9.17, 15) is 4.79 Å². The molecule has 1 aromatic rings. The molecule has 0 saturated heterocycles. The van der Waals surface area contributed by atoms with Gasteiger partial charge in [0.05, 0.1) is 13.7 Å². The molecule has 4 heteroatoms. The molecule has 1 aromatic carbocycles. The van der Waals surface area contributed by atoms with E-state index >= 15 is 0 Å². The van der Waals surface area contributed by atoms with Crippen LogP contribution in [0.15, 0.2) is 24.3 Å². The van der Waals surface area contributed by atoms with Crippen molar-refractivity contribution in [2.45, 2.75) is 25.8 Å². The molecule has 0 amide bonds. The number of aliphatic carboxylic acids is 1. The number of carboxylic acids is 1. The van der Waals surface area contributed by atoms with Crippen LogP contribution in [0.1, 0.15) is 31.4 Å². The summed E-state index contributed by atoms with van der Waals surface area (Å²) in [6, 6.07) is 7.86. The molecule has 1 fully saturated rings. The number of carbonyl (C=O) groups is 1. The lowest BCUT2D eigenvalue weighted by Gasteiger charge is -2.28. The lowest BCUT2D eigenvalue weighted by Crippen LogP contribution is -2.34. The molecule has 1 aliphatic rings. The van der Waals surface area contributed by atoms with E-state index in [0.29, 0.717) is 5.92 Å². The Morgan fingerprint density at radius 2 is 2.16 bits per heavy atom. The summed E-state index contributed by atoms with van der Waals surface area (Å²) in [5.74, 6) is 0.708. The summed E-state index contributed by atoms with van der Waals surface area (Å²) < 4.78 is 5.37. The first kappa shape index (κ1) is 13.9. The summed E-state index contributed by atoms with van der Waals surface area (Å²) in [6.07, 6.45) is 2.43. The van der Waals surface area contributed by atoms with Crippen molar-refractivity contribution in [3.8, 4) is 5.75 Å². The molecule has 1 aliphatic carbocycles. The molecule has 0 aliphatic heterocycles. The molecule has 1 saturated carbocycles. The third-order valence-electron chi connectivity index (χ3n) is 3.66. The minimum Gasteiger partial charge on any atom is -0.496 e. The lowest BCUT2D eigenvalue weighted by molar-refractivity contribution is -0.139. The van der Waals surface area contributed by atoms with Gasteiger partial charge in [0, 0.05) is 18.2 Å². The molecule has 4 nitrogen and oxygen atoms in total. The molecule has 1 atom stereocenters. The Morgan fingerprint density at radius 3 is 2.74 bits per heavy atom. The summed E-state index contributed by atoms with van der Waals surface area (Å²) in [7, 11) is 1.65. The molecule has 104 valence electrons. The molecule has 0 radical (unpaired) electrons. The van der Waals surface area contributed by atoms with Gasteiger partial charge in [0.1, 0.15) is 5.75 Å². The number of ether oxygens (including phenoxy) is 1. The number of rotatable bonds is 7. The van der Waals surface area contributed by atoms with Crippen LogP contribution in [0.4, 0.5) is 0 Å². The highest BCUT2D eigenvalue weighted by Crippen LogP contribution is 2.34. The SMILES string of the molecule is COc1ccccc1C(C)N(CC(=O)O)CC1CC1. The second-order valence-electron chi connectivity index (χ2n) is 5.18. The fourth-order valence-electron chi connectivity index (χ4n) is 2.37. The van der Waals surface area contributed by atoms with Gasteiger partial charge in [-0.05, 0) is 31.7 Å². The van der Waals surface area contributed by atoms with Crippen molar-refractivity contribution < 1.29 is 14.6 Å². The van der Waals surface area contributed by atoms with Gasteiger partial charge >= 0.3 is 5.97 Å². The first-order chi connectivity index (χ1) is 9.11. The van der Waals surface area contributed by atoms with E-state index in [1.54, 1.807) is 7.11 Å². The Hall–Kier alpha value is -1.55. The van der Waals surface area contributed by atoms with E-state index in [1.807, 2.05) is 36.1 Å². The van der Waals surface area contributed by atoms with Gasteiger partial charge in [0.15, 0.2) is 0 Å². The van der Waals surface area contributed by atoms with Crippen LogP contribution in [0.25, 0.3) is 0 Å². The summed E-state index contributed by atoms with van der Waals surface area (Å²) in [4.78, 5) is 13.1. The average Bonchev–Trinajstić information content (AvgIpc) is 3.20. The van der Waals surface area contributed by atoms with Gasteiger partial charge in [0.25, 0.3) is 0 Å². The van der Waals surface area contributed by atoms with Gasteiger partial charge in [-0.2, -0.15) is 0 Å². The number of methoxy groups -OCH3 is 1. The molecule has 1 N–H and O–H groups in total. The smallest absolute Gasteiger partial charge is 0.317 e. The second-order valence-corrected chi connectivity index (χ2v) is 5.18. The maximum absolute atomic E-state index is 11.0. The van der Waals surface area contributed by atoms with Gasteiger partial charge in [0.2, 0.25) is 0 Å². The van der Waals surface area contributed by atoms with E-state index in [1.165, 1.54) is 12.8 Å². The van der Waals surface area contributed by atoms with Gasteiger partial charge < -0.3 is 9.84 Å². The molecular weight excluding hydrogens is 242 g/mol. The van der Waals surface area contributed by atoms with Crippen LogP contribution in [0, 0.1) is 5.92 Å². The van der Waals surface area contributed by atoms with Crippen LogP contribution in [-0.4, -0.2) is 36.2 Å². The predicted molar refractivity (Wildman–Crippen MR) is 73.3 cm³/mol. The van der Waals surface area contributed by atoms with Crippen molar-refractivity contribution in [1.82, 2.24) is 4.90 Å². The molecular formula is C15H21NO3. The third kappa shape index (κ3) is 3.70. The summed E-state index contributed by atoms with van der Waals surface area (Å²) in [5.41, 5.74) is 1.05. The van der Waals surface area contributed by atoms with Crippen molar-refractivity contribution in [1.29, 1.82) is 0 Å². The monoisotopic (exact) mass is 263 g/mol. The number of carboxylic acid groups (broad SMARTS) is 1. The second kappa shape index (κ2) is 6.06. The first-order valence-electron chi connectivity index (χ1n) is 6.70. The Bertz CT molecular complexity index is 443. The number of para-hydroxylation sites is 1. The zero-order valence-corrected chi connectivity index (χ0v) is 11.5. The Labute approximate surface area is 114 Å². The highest BCUT2D eigenvalue weighted by molar-refractivity contribution is 5.69. The van der Waals surface area contributed by atoms with Crippen molar-refractivity contribution in [3.05, 3.63) is 29.8 Å². The lowest BCUT2D eigenvalue weighted by atomic mass is 10.1. The zero-order valence-electron chi connectivity index (χ0n) is 11.5. The minimum atomic E-state index is -0.776. The summed E-state index contributed by atoms with van der Waals surface area (Å²) in [5, 5.41) is 9.07. The van der Waals surface area contributed by atoms with E-state index in [4.69, 9.17) is 9.84 Å². The molecule has 2 rings (SSSR count). The van der Waals surface area contributed by atoms with Gasteiger partial charge in [-0.1, -0.05) is 18.2 Å². The summed E-state index contributed by atoms with van der Waals surface area (Å²) in [6.45, 7) is 2.98. The minimum absolute atomic E-state index is 0.0489. The number of hydrogen-bond donors (Lipinski definition) is 1. The Balaban J connectivity index is 2.16. The maximum Gasteiger partial charge on any atom is 0.317 e. The Kier molecular flexibility index (Phi) is 4.43. The van der Waals surface area contributed by atoms with E-state index in [-0.39, 0.29) is 12.6 Å². The van der Waals surface area contributed by atoms with Crippen LogP contribution < -0.4 is 4.74 Å². The number of hydrogen-bond acceptors (Lipinski definition) is 3. The number of nitrogens with zero attached hydrogens (tertiary/aromatic N) is 1. The van der Waals surface area contributed by atoms with Crippen LogP contribution in [0.2, 0.25) is 0 Å². The number of benzene rings is 1. The van der Waals surface area contributed by atoms with Gasteiger partial charge in [-0.25, -0.2) is 0 Å². The van der Waals surface area contributed by atoms with Gasteiger partial charge in [-0.15, -0.1) is 0 Å². The van der Waals surface area contributed by atoms with Crippen LogP contribution in [0.3, 0.4) is 0 Å². The van der Waals surface area contributed by atoms with E-state index < -0.39 is 5.97 Å². The molecule has 1 unspecified atom stereocenters. The van der Waals surface area contributed by atoms with Gasteiger partial charge in [-0.3, -0.25) is 9.69 Å². The molecule has 0 aromatic heterocycles. The van der Waals surface area contributed by atoms with Crippen molar-refractivity contribution >= 4 is 5.97 Å². The molecule has 0 heterocycles. The van der Waals surface area contributed by atoms with Crippen molar-refractivity contribution in [3.63, 3.8) is 0 Å². The quantitative estimate of drug-likeness (QED) is 0.821. The van der Waals surface area contributed by atoms with Crippen molar-refractivity contribution in [2.24, 2.45) is 5.92 Å². The largest absolute Gasteiger partial charge is 0.496 e. The van der Waals surface area contributed by atoms with Crippen molar-refractivity contribution in [2.75, 3.05) is 20.2 Å². The van der Waals surface area contributed by atoms with Crippen LogP contribution >= 0.6 is 0 Å². The predicted octanol–water partition coefficient (Wildman–Crippen LogP) is 2.55. The summed E-state index contributed by atoms with van der Waals surface area (Å²) >= 11 is 0. The first-order valence-corrected chi connectivity index (χ1v) is 6.70. The van der Waals surface area contributed by atoms with E-state index in [0.717, 1.165) is 17.9 Å². The third-order valence-corrected chi connectivity index (χ3v) is 3.66.